The van der Waals surface area contributed by atoms with Crippen molar-refractivity contribution in [1.82, 2.24) is 0 Å². The second-order valence-corrected chi connectivity index (χ2v) is 10.4. The Bertz CT molecular complexity index is 1060. The molecule has 35 heavy (non-hydrogen) atoms. The molecule has 0 radical (unpaired) electrons. The lowest BCUT2D eigenvalue weighted by molar-refractivity contribution is 0.102. The van der Waals surface area contributed by atoms with E-state index >= 15 is 0 Å². The summed E-state index contributed by atoms with van der Waals surface area (Å²) >= 11 is 0. The number of carbonyl (C=O) groups excluding carboxylic acids is 1. The highest BCUT2D eigenvalue weighted by molar-refractivity contribution is 7.92. The molecule has 6 nitrogen and oxygen atoms in total. The largest absolute Gasteiger partial charge is 0.495 e. The van der Waals surface area contributed by atoms with Crippen LogP contribution in [0, 0.1) is 11.6 Å². The maximum absolute atomic E-state index is 13.4. The predicted molar refractivity (Wildman–Crippen MR) is 137 cm³/mol. The zero-order valence-corrected chi connectivity index (χ0v) is 21.4. The fourth-order valence-electron chi connectivity index (χ4n) is 3.70. The molecule has 2 aromatic carbocycles. The van der Waals surface area contributed by atoms with Crippen LogP contribution >= 0.6 is 0 Å². The number of ether oxygens (including phenoxy) is 1. The lowest BCUT2D eigenvalue weighted by Crippen LogP contribution is -2.18. The molecule has 0 heterocycles. The Labute approximate surface area is 207 Å². The molecule has 2 N–H and O–H groups in total. The predicted octanol–water partition coefficient (Wildman–Crippen LogP) is 6.89. The van der Waals surface area contributed by atoms with E-state index in [-0.39, 0.29) is 22.7 Å². The van der Waals surface area contributed by atoms with E-state index in [0.29, 0.717) is 12.2 Å². The van der Waals surface area contributed by atoms with Gasteiger partial charge in [-0.3, -0.25) is 9.52 Å². The summed E-state index contributed by atoms with van der Waals surface area (Å²) < 4.78 is 59.5. The Morgan fingerprint density at radius 1 is 0.857 bits per heavy atom. The maximum atomic E-state index is 13.4. The molecule has 0 aliphatic heterocycles. The van der Waals surface area contributed by atoms with E-state index < -0.39 is 27.6 Å². The Kier molecular flexibility index (Phi) is 12.0. The number of hydrogen-bond acceptors (Lipinski definition) is 4. The van der Waals surface area contributed by atoms with Crippen LogP contribution in [-0.4, -0.2) is 27.2 Å². The van der Waals surface area contributed by atoms with E-state index in [2.05, 4.69) is 17.0 Å². The van der Waals surface area contributed by atoms with Gasteiger partial charge in [-0.15, -0.1) is 0 Å². The number of amides is 1. The van der Waals surface area contributed by atoms with E-state index in [0.717, 1.165) is 37.5 Å². The zero-order valence-electron chi connectivity index (χ0n) is 20.5. The van der Waals surface area contributed by atoms with Crippen molar-refractivity contribution in [2.24, 2.45) is 0 Å². The van der Waals surface area contributed by atoms with Gasteiger partial charge in [0.2, 0.25) is 10.0 Å². The SMILES string of the molecule is CCCCCCCCCCCCS(=O)(=O)Nc1cc(NC(=O)c2ccc(F)c(F)c2)ccc1OC. The van der Waals surface area contributed by atoms with Gasteiger partial charge in [0.25, 0.3) is 5.91 Å². The van der Waals surface area contributed by atoms with Crippen LogP contribution in [0.4, 0.5) is 20.2 Å². The summed E-state index contributed by atoms with van der Waals surface area (Å²) in [6.07, 6.45) is 11.1. The number of hydrogen-bond donors (Lipinski definition) is 2. The Morgan fingerprint density at radius 3 is 2.09 bits per heavy atom. The molecule has 0 bridgehead atoms. The van der Waals surface area contributed by atoms with Gasteiger partial charge in [-0.2, -0.15) is 0 Å². The third kappa shape index (κ3) is 10.2. The normalized spacial score (nSPS) is 11.3. The van der Waals surface area contributed by atoms with Gasteiger partial charge in [0.15, 0.2) is 11.6 Å². The first-order chi connectivity index (χ1) is 16.8. The molecule has 0 atom stereocenters. The molecule has 0 spiro atoms. The molecule has 0 aliphatic rings. The molecule has 0 saturated heterocycles. The minimum atomic E-state index is -3.62. The van der Waals surface area contributed by atoms with E-state index in [4.69, 9.17) is 4.74 Å². The highest BCUT2D eigenvalue weighted by atomic mass is 32.2. The van der Waals surface area contributed by atoms with Crippen molar-refractivity contribution in [2.45, 2.75) is 71.1 Å². The summed E-state index contributed by atoms with van der Waals surface area (Å²) in [4.78, 5) is 12.4. The van der Waals surface area contributed by atoms with Crippen molar-refractivity contribution in [2.75, 3.05) is 22.9 Å². The van der Waals surface area contributed by atoms with Crippen molar-refractivity contribution in [1.29, 1.82) is 0 Å². The van der Waals surface area contributed by atoms with E-state index in [1.165, 1.54) is 63.8 Å². The summed E-state index contributed by atoms with van der Waals surface area (Å²) in [5.41, 5.74) is 0.391. The fourth-order valence-corrected chi connectivity index (χ4v) is 4.89. The number of sulfonamides is 1. The fraction of sp³-hybridized carbons (Fsp3) is 0.500. The van der Waals surface area contributed by atoms with Crippen LogP contribution in [0.15, 0.2) is 36.4 Å². The van der Waals surface area contributed by atoms with Crippen LogP contribution in [0.2, 0.25) is 0 Å². The van der Waals surface area contributed by atoms with E-state index in [1.54, 1.807) is 0 Å². The number of unbranched alkanes of at least 4 members (excludes halogenated alkanes) is 9. The smallest absolute Gasteiger partial charge is 0.255 e. The average Bonchev–Trinajstić information content (AvgIpc) is 2.82. The van der Waals surface area contributed by atoms with Crippen molar-refractivity contribution in [3.05, 3.63) is 53.6 Å². The topological polar surface area (TPSA) is 84.5 Å². The molecule has 194 valence electrons. The van der Waals surface area contributed by atoms with Gasteiger partial charge in [0.05, 0.1) is 18.6 Å². The lowest BCUT2D eigenvalue weighted by atomic mass is 10.1. The third-order valence-corrected chi connectivity index (χ3v) is 7.03. The summed E-state index contributed by atoms with van der Waals surface area (Å²) in [7, 11) is -2.21. The molecular formula is C26H36F2N2O4S. The van der Waals surface area contributed by atoms with Crippen LogP contribution < -0.4 is 14.8 Å². The first-order valence-corrected chi connectivity index (χ1v) is 13.9. The number of nitrogens with one attached hydrogen (secondary N) is 2. The van der Waals surface area contributed by atoms with Gasteiger partial charge < -0.3 is 10.1 Å². The molecule has 0 fully saturated rings. The van der Waals surface area contributed by atoms with Gasteiger partial charge in [-0.05, 0) is 42.8 Å². The van der Waals surface area contributed by atoms with E-state index in [9.17, 15) is 22.0 Å². The molecule has 0 unspecified atom stereocenters. The van der Waals surface area contributed by atoms with Gasteiger partial charge in [0.1, 0.15) is 5.75 Å². The highest BCUT2D eigenvalue weighted by Gasteiger charge is 2.16. The Hall–Kier alpha value is -2.68. The van der Waals surface area contributed by atoms with Crippen LogP contribution in [-0.2, 0) is 10.0 Å². The van der Waals surface area contributed by atoms with Crippen molar-refractivity contribution >= 4 is 27.3 Å². The minimum Gasteiger partial charge on any atom is -0.495 e. The highest BCUT2D eigenvalue weighted by Crippen LogP contribution is 2.29. The van der Waals surface area contributed by atoms with Gasteiger partial charge in [0, 0.05) is 11.3 Å². The molecule has 0 aliphatic carbocycles. The van der Waals surface area contributed by atoms with Crippen LogP contribution in [0.5, 0.6) is 5.75 Å². The van der Waals surface area contributed by atoms with Crippen molar-refractivity contribution < 1.29 is 26.7 Å². The number of halogens is 2. The minimum absolute atomic E-state index is 0.0158. The molecular weight excluding hydrogens is 474 g/mol. The summed E-state index contributed by atoms with van der Waals surface area (Å²) in [6.45, 7) is 2.20. The molecule has 2 aromatic rings. The molecule has 2 rings (SSSR count). The molecule has 1 amide bonds. The molecule has 0 aromatic heterocycles. The van der Waals surface area contributed by atoms with Crippen molar-refractivity contribution in [3.8, 4) is 5.75 Å². The van der Waals surface area contributed by atoms with Gasteiger partial charge in [-0.1, -0.05) is 64.7 Å². The second-order valence-electron chi connectivity index (χ2n) is 8.60. The summed E-state index contributed by atoms with van der Waals surface area (Å²) in [6, 6.07) is 7.28. The Balaban J connectivity index is 1.87. The third-order valence-electron chi connectivity index (χ3n) is 5.67. The first-order valence-electron chi connectivity index (χ1n) is 12.2. The number of methoxy groups -OCH3 is 1. The number of benzene rings is 2. The first kappa shape index (κ1) is 28.6. The van der Waals surface area contributed by atoms with Crippen LogP contribution in [0.25, 0.3) is 0 Å². The molecule has 9 heteroatoms. The lowest BCUT2D eigenvalue weighted by Gasteiger charge is -2.14. The number of carbonyl (C=O) groups is 1. The Morgan fingerprint density at radius 2 is 1.49 bits per heavy atom. The van der Waals surface area contributed by atoms with Crippen LogP contribution in [0.3, 0.4) is 0 Å². The van der Waals surface area contributed by atoms with Gasteiger partial charge >= 0.3 is 0 Å². The maximum Gasteiger partial charge on any atom is 0.255 e. The quantitative estimate of drug-likeness (QED) is 0.241. The van der Waals surface area contributed by atoms with Gasteiger partial charge in [-0.25, -0.2) is 17.2 Å². The summed E-state index contributed by atoms with van der Waals surface area (Å²) in [5, 5.41) is 2.55. The monoisotopic (exact) mass is 510 g/mol. The molecule has 0 saturated carbocycles. The van der Waals surface area contributed by atoms with Crippen molar-refractivity contribution in [3.63, 3.8) is 0 Å². The second kappa shape index (κ2) is 14.7. The zero-order chi connectivity index (χ0) is 25.7. The standard InChI is InChI=1S/C26H36F2N2O4S/c1-3-4-5-6-7-8-9-10-11-12-17-35(32,33)30-24-19-21(14-16-25(24)34-2)29-26(31)20-13-15-22(27)23(28)18-20/h13-16,18-19,30H,3-12,17H2,1-2H3,(H,29,31). The number of anilines is 2. The van der Waals surface area contributed by atoms with E-state index in [1.807, 2.05) is 0 Å². The number of rotatable bonds is 16. The summed E-state index contributed by atoms with van der Waals surface area (Å²) in [5.74, 6) is -2.56. The van der Waals surface area contributed by atoms with Crippen LogP contribution in [0.1, 0.15) is 81.5 Å². The average molecular weight is 511 g/mol.